The molecule has 22 heavy (non-hydrogen) atoms. The molecule has 1 aliphatic carbocycles. The van der Waals surface area contributed by atoms with Gasteiger partial charge < -0.3 is 5.73 Å². The number of nitrogens with one attached hydrogen (secondary N) is 1. The molecule has 2 rings (SSSR count). The zero-order valence-corrected chi connectivity index (χ0v) is 14.1. The average molecular weight is 351 g/mol. The van der Waals surface area contributed by atoms with Crippen molar-refractivity contribution in [2.24, 2.45) is 11.7 Å². The highest BCUT2D eigenvalue weighted by Gasteiger charge is 2.27. The van der Waals surface area contributed by atoms with Crippen molar-refractivity contribution in [2.45, 2.75) is 43.9 Å². The topological polar surface area (TPSA) is 72.2 Å². The van der Waals surface area contributed by atoms with E-state index in [-0.39, 0.29) is 36.3 Å². The molecule has 0 amide bonds. The zero-order chi connectivity index (χ0) is 15.3. The smallest absolute Gasteiger partial charge is 0.216 e. The summed E-state index contributed by atoms with van der Waals surface area (Å²) in [5, 5.41) is 0. The minimum atomic E-state index is -3.59. The Bertz CT molecular complexity index is 562. The predicted molar refractivity (Wildman–Crippen MR) is 88.8 cm³/mol. The summed E-state index contributed by atoms with van der Waals surface area (Å²) in [4.78, 5) is 0. The van der Waals surface area contributed by atoms with Gasteiger partial charge in [-0.2, -0.15) is 0 Å². The molecule has 0 radical (unpaired) electrons. The van der Waals surface area contributed by atoms with Gasteiger partial charge in [0.25, 0.3) is 0 Å². The molecule has 0 aromatic heterocycles. The number of benzene rings is 1. The lowest BCUT2D eigenvalue weighted by atomic mass is 9.84. The van der Waals surface area contributed by atoms with Crippen LogP contribution < -0.4 is 10.5 Å². The first-order chi connectivity index (χ1) is 10.0. The van der Waals surface area contributed by atoms with Crippen LogP contribution in [-0.4, -0.2) is 21.0 Å². The van der Waals surface area contributed by atoms with E-state index in [0.717, 1.165) is 25.7 Å². The second-order valence-electron chi connectivity index (χ2n) is 5.71. The third-order valence-electron chi connectivity index (χ3n) is 4.11. The van der Waals surface area contributed by atoms with Crippen LogP contribution in [0.1, 0.15) is 37.7 Å². The Morgan fingerprint density at radius 3 is 2.45 bits per heavy atom. The second-order valence-corrected chi connectivity index (χ2v) is 7.46. The Labute approximate surface area is 138 Å². The van der Waals surface area contributed by atoms with E-state index in [9.17, 15) is 12.8 Å². The molecular formula is C15H24ClFN2O2S. The third-order valence-corrected chi connectivity index (χ3v) is 5.46. The number of sulfonamides is 1. The molecule has 1 aliphatic rings. The minimum Gasteiger partial charge on any atom is -0.329 e. The summed E-state index contributed by atoms with van der Waals surface area (Å²) in [5.41, 5.74) is 5.92. The van der Waals surface area contributed by atoms with Crippen molar-refractivity contribution in [1.29, 1.82) is 0 Å². The van der Waals surface area contributed by atoms with Gasteiger partial charge in [-0.1, -0.05) is 37.5 Å². The monoisotopic (exact) mass is 350 g/mol. The Morgan fingerprint density at radius 2 is 1.86 bits per heavy atom. The normalized spacial score (nSPS) is 17.7. The van der Waals surface area contributed by atoms with E-state index in [1.54, 1.807) is 12.1 Å². The van der Waals surface area contributed by atoms with Crippen LogP contribution in [-0.2, 0) is 15.8 Å². The molecule has 4 nitrogen and oxygen atoms in total. The SMILES string of the molecule is Cl.NCC(NS(=O)(=O)Cc1ccccc1F)C1CCCCC1. The summed E-state index contributed by atoms with van der Waals surface area (Å²) >= 11 is 0. The maximum atomic E-state index is 13.6. The van der Waals surface area contributed by atoms with Crippen LogP contribution in [0.2, 0.25) is 0 Å². The molecule has 0 heterocycles. The van der Waals surface area contributed by atoms with Gasteiger partial charge in [0.05, 0.1) is 5.75 Å². The molecule has 1 unspecified atom stereocenters. The van der Waals surface area contributed by atoms with E-state index < -0.39 is 15.8 Å². The molecule has 0 spiro atoms. The first-order valence-corrected chi connectivity index (χ1v) is 9.10. The summed E-state index contributed by atoms with van der Waals surface area (Å²) in [6.45, 7) is 0.279. The fourth-order valence-corrected chi connectivity index (χ4v) is 4.44. The van der Waals surface area contributed by atoms with E-state index >= 15 is 0 Å². The van der Waals surface area contributed by atoms with Gasteiger partial charge in [0.15, 0.2) is 0 Å². The molecule has 1 saturated carbocycles. The van der Waals surface area contributed by atoms with Crippen LogP contribution in [0.15, 0.2) is 24.3 Å². The zero-order valence-electron chi connectivity index (χ0n) is 12.5. The van der Waals surface area contributed by atoms with Crippen LogP contribution in [0.5, 0.6) is 0 Å². The maximum absolute atomic E-state index is 13.6. The summed E-state index contributed by atoms with van der Waals surface area (Å²) in [6.07, 6.45) is 5.45. The lowest BCUT2D eigenvalue weighted by Gasteiger charge is -2.29. The van der Waals surface area contributed by atoms with Gasteiger partial charge in [-0.3, -0.25) is 0 Å². The van der Waals surface area contributed by atoms with Crippen LogP contribution >= 0.6 is 12.4 Å². The second kappa shape index (κ2) is 8.82. The lowest BCUT2D eigenvalue weighted by molar-refractivity contribution is 0.294. The van der Waals surface area contributed by atoms with Gasteiger partial charge in [-0.05, 0) is 24.8 Å². The third kappa shape index (κ3) is 5.50. The number of hydrogen-bond donors (Lipinski definition) is 2. The van der Waals surface area contributed by atoms with Crippen molar-refractivity contribution in [1.82, 2.24) is 4.72 Å². The number of hydrogen-bond acceptors (Lipinski definition) is 3. The van der Waals surface area contributed by atoms with Crippen molar-refractivity contribution >= 4 is 22.4 Å². The molecule has 3 N–H and O–H groups in total. The Kier molecular flexibility index (Phi) is 7.76. The predicted octanol–water partition coefficient (Wildman–Crippen LogP) is 2.57. The van der Waals surface area contributed by atoms with Crippen molar-refractivity contribution in [3.8, 4) is 0 Å². The van der Waals surface area contributed by atoms with Gasteiger partial charge >= 0.3 is 0 Å². The lowest BCUT2D eigenvalue weighted by Crippen LogP contribution is -2.46. The molecule has 0 aliphatic heterocycles. The summed E-state index contributed by atoms with van der Waals surface area (Å²) in [6, 6.07) is 5.69. The van der Waals surface area contributed by atoms with Crippen molar-refractivity contribution in [2.75, 3.05) is 6.54 Å². The average Bonchev–Trinajstić information content (AvgIpc) is 2.48. The van der Waals surface area contributed by atoms with Gasteiger partial charge in [-0.15, -0.1) is 12.4 Å². The van der Waals surface area contributed by atoms with E-state index in [1.165, 1.54) is 18.6 Å². The van der Waals surface area contributed by atoms with Gasteiger partial charge in [0, 0.05) is 18.2 Å². The first kappa shape index (κ1) is 19.4. The van der Waals surface area contributed by atoms with Gasteiger partial charge in [0.1, 0.15) is 5.82 Å². The van der Waals surface area contributed by atoms with Gasteiger partial charge in [-0.25, -0.2) is 17.5 Å². The molecule has 1 aromatic carbocycles. The minimum absolute atomic E-state index is 0. The Balaban J connectivity index is 0.00000242. The largest absolute Gasteiger partial charge is 0.329 e. The molecule has 0 saturated heterocycles. The molecule has 1 atom stereocenters. The van der Waals surface area contributed by atoms with Crippen LogP contribution in [0.3, 0.4) is 0 Å². The Hall–Kier alpha value is -0.690. The van der Waals surface area contributed by atoms with Crippen LogP contribution in [0.25, 0.3) is 0 Å². The maximum Gasteiger partial charge on any atom is 0.216 e. The van der Waals surface area contributed by atoms with E-state index in [1.807, 2.05) is 0 Å². The van der Waals surface area contributed by atoms with Crippen molar-refractivity contribution in [3.63, 3.8) is 0 Å². The fraction of sp³-hybridized carbons (Fsp3) is 0.600. The number of rotatable bonds is 6. The van der Waals surface area contributed by atoms with E-state index in [4.69, 9.17) is 5.73 Å². The number of halogens is 2. The quantitative estimate of drug-likeness (QED) is 0.828. The molecule has 0 bridgehead atoms. The fourth-order valence-electron chi connectivity index (χ4n) is 2.97. The summed E-state index contributed by atoms with van der Waals surface area (Å²) < 4.78 is 40.7. The van der Waals surface area contributed by atoms with Gasteiger partial charge in [0.2, 0.25) is 10.0 Å². The van der Waals surface area contributed by atoms with Crippen LogP contribution in [0, 0.1) is 11.7 Å². The van der Waals surface area contributed by atoms with Crippen molar-refractivity contribution < 1.29 is 12.8 Å². The molecule has 1 aromatic rings. The highest BCUT2D eigenvalue weighted by atomic mass is 35.5. The van der Waals surface area contributed by atoms with Crippen LogP contribution in [0.4, 0.5) is 4.39 Å². The molecular weight excluding hydrogens is 327 g/mol. The number of nitrogens with two attached hydrogens (primary N) is 1. The highest BCUT2D eigenvalue weighted by molar-refractivity contribution is 7.88. The van der Waals surface area contributed by atoms with E-state index in [2.05, 4.69) is 4.72 Å². The first-order valence-electron chi connectivity index (χ1n) is 7.45. The molecule has 1 fully saturated rings. The standard InChI is InChI=1S/C15H23FN2O2S.ClH/c16-14-9-5-4-8-13(14)11-21(19,20)18-15(10-17)12-6-2-1-3-7-12;/h4-5,8-9,12,15,18H,1-3,6-7,10-11,17H2;1H. The van der Waals surface area contributed by atoms with E-state index in [0.29, 0.717) is 5.92 Å². The molecule has 7 heteroatoms. The van der Waals surface area contributed by atoms with Crippen molar-refractivity contribution in [3.05, 3.63) is 35.6 Å². The molecule has 126 valence electrons. The Morgan fingerprint density at radius 1 is 1.23 bits per heavy atom. The summed E-state index contributed by atoms with van der Waals surface area (Å²) in [5.74, 6) is -0.549. The highest BCUT2D eigenvalue weighted by Crippen LogP contribution is 2.26. The summed E-state index contributed by atoms with van der Waals surface area (Å²) in [7, 11) is -3.59.